The summed E-state index contributed by atoms with van der Waals surface area (Å²) in [6, 6.07) is 1.93. The third-order valence-electron chi connectivity index (χ3n) is 3.17. The van der Waals surface area contributed by atoms with Crippen molar-refractivity contribution in [3.63, 3.8) is 0 Å². The molecule has 0 amide bonds. The first-order chi connectivity index (χ1) is 14.9. The second kappa shape index (κ2) is 22.4. The summed E-state index contributed by atoms with van der Waals surface area (Å²) in [6.45, 7) is 7.88. The largest absolute Gasteiger partial charge is 0.377 e. The molecule has 31 heavy (non-hydrogen) atoms. The van der Waals surface area contributed by atoms with E-state index in [1.54, 1.807) is 40.7 Å². The lowest BCUT2D eigenvalue weighted by Gasteiger charge is -2.16. The van der Waals surface area contributed by atoms with Gasteiger partial charge in [-0.25, -0.2) is 4.98 Å². The summed E-state index contributed by atoms with van der Waals surface area (Å²) in [5.74, 6) is 0.959. The number of nitrogens with zero attached hydrogens (tertiary/aromatic N) is 3. The fraction of sp³-hybridized carbons (Fsp3) is 0.375. The SMILES string of the molecule is C=CCS/C=C\C/C=C/N(C)C=N.CCC.CSc1nccc(N(C)C)c1/C=C/C=O. The molecule has 0 fully saturated rings. The van der Waals surface area contributed by atoms with E-state index in [-0.39, 0.29) is 0 Å². The molecule has 0 aromatic carbocycles. The molecular formula is C24H38N4OS2. The maximum atomic E-state index is 10.3. The molecule has 0 aliphatic heterocycles. The molecule has 1 rings (SSSR count). The van der Waals surface area contributed by atoms with Gasteiger partial charge in [-0.05, 0) is 36.3 Å². The maximum absolute atomic E-state index is 10.3. The maximum Gasteiger partial charge on any atom is 0.142 e. The number of aromatic nitrogens is 1. The van der Waals surface area contributed by atoms with Crippen molar-refractivity contribution in [2.24, 2.45) is 0 Å². The standard InChI is InChI=1S/C11H14N2OS.C10H16N2S.C3H8/c1-13(2)10-6-7-12-11(15-3)9(10)5-4-8-14;1-3-8-13-9-6-4-5-7-12(2)10-11;1-3-2/h4-8H,1-3H3;3,5-7,9-11H,1,4,8H2,2H3;3H2,1-2H3/b5-4+;7-5+,9-6-,11-10?;. The zero-order valence-electron chi connectivity index (χ0n) is 19.7. The second-order valence-corrected chi connectivity index (χ2v) is 7.99. The van der Waals surface area contributed by atoms with Crippen LogP contribution in [0.1, 0.15) is 32.3 Å². The predicted molar refractivity (Wildman–Crippen MR) is 144 cm³/mol. The van der Waals surface area contributed by atoms with Crippen LogP contribution in [-0.2, 0) is 4.79 Å². The molecule has 0 spiro atoms. The van der Waals surface area contributed by atoms with Crippen molar-refractivity contribution >= 4 is 47.9 Å². The van der Waals surface area contributed by atoms with Crippen LogP contribution in [0.3, 0.4) is 0 Å². The fourth-order valence-corrected chi connectivity index (χ4v) is 2.94. The number of hydrogen-bond acceptors (Lipinski definition) is 6. The molecule has 1 aromatic rings. The van der Waals surface area contributed by atoms with E-state index in [1.165, 1.54) is 18.8 Å². The van der Waals surface area contributed by atoms with Gasteiger partial charge in [0.15, 0.2) is 0 Å². The van der Waals surface area contributed by atoms with Gasteiger partial charge in [0.2, 0.25) is 0 Å². The Morgan fingerprint density at radius 2 is 1.90 bits per heavy atom. The molecule has 1 N–H and O–H groups in total. The Morgan fingerprint density at radius 3 is 2.42 bits per heavy atom. The van der Waals surface area contributed by atoms with Gasteiger partial charge in [-0.15, -0.1) is 30.1 Å². The zero-order chi connectivity index (χ0) is 23.9. The lowest BCUT2D eigenvalue weighted by Crippen LogP contribution is -2.11. The molecule has 172 valence electrons. The molecule has 0 aliphatic carbocycles. The Morgan fingerprint density at radius 1 is 1.23 bits per heavy atom. The van der Waals surface area contributed by atoms with E-state index in [0.29, 0.717) is 0 Å². The second-order valence-electron chi connectivity index (χ2n) is 6.26. The third-order valence-corrected chi connectivity index (χ3v) is 4.70. The molecule has 0 saturated carbocycles. The van der Waals surface area contributed by atoms with E-state index in [2.05, 4.69) is 36.9 Å². The van der Waals surface area contributed by atoms with Crippen LogP contribution in [0.25, 0.3) is 6.08 Å². The molecule has 0 bridgehead atoms. The number of anilines is 1. The number of nitrogens with one attached hydrogen (secondary N) is 1. The fourth-order valence-electron chi connectivity index (χ4n) is 1.89. The normalized spacial score (nSPS) is 10.3. The van der Waals surface area contributed by atoms with Gasteiger partial charge < -0.3 is 9.80 Å². The Bertz CT molecular complexity index is 701. The van der Waals surface area contributed by atoms with Gasteiger partial charge in [-0.2, -0.15) is 0 Å². The average molecular weight is 463 g/mol. The minimum absolute atomic E-state index is 0.774. The third kappa shape index (κ3) is 17.2. The summed E-state index contributed by atoms with van der Waals surface area (Å²) >= 11 is 3.30. The molecule has 0 radical (unpaired) electrons. The molecule has 1 heterocycles. The number of hydrogen-bond donors (Lipinski definition) is 1. The van der Waals surface area contributed by atoms with Crippen molar-refractivity contribution in [2.45, 2.75) is 31.7 Å². The van der Waals surface area contributed by atoms with Gasteiger partial charge in [0, 0.05) is 50.5 Å². The van der Waals surface area contributed by atoms with Crippen molar-refractivity contribution in [1.82, 2.24) is 9.88 Å². The quantitative estimate of drug-likeness (QED) is 0.0785. The monoisotopic (exact) mass is 462 g/mol. The molecule has 5 nitrogen and oxygen atoms in total. The van der Waals surface area contributed by atoms with Gasteiger partial charge in [-0.3, -0.25) is 10.2 Å². The van der Waals surface area contributed by atoms with Crippen LogP contribution in [0.4, 0.5) is 5.69 Å². The Labute approximate surface area is 197 Å². The molecule has 1 aromatic heterocycles. The lowest BCUT2D eigenvalue weighted by atomic mass is 10.2. The van der Waals surface area contributed by atoms with Crippen molar-refractivity contribution < 1.29 is 4.79 Å². The highest BCUT2D eigenvalue weighted by Crippen LogP contribution is 2.27. The van der Waals surface area contributed by atoms with Crippen molar-refractivity contribution in [3.05, 3.63) is 60.3 Å². The number of allylic oxidation sites excluding steroid dienone is 3. The first-order valence-electron chi connectivity index (χ1n) is 10.0. The van der Waals surface area contributed by atoms with Crippen molar-refractivity contribution in [3.8, 4) is 0 Å². The van der Waals surface area contributed by atoms with Gasteiger partial charge >= 0.3 is 0 Å². The van der Waals surface area contributed by atoms with Crippen LogP contribution in [0.2, 0.25) is 0 Å². The van der Waals surface area contributed by atoms with Crippen LogP contribution in [0.15, 0.2) is 59.8 Å². The summed E-state index contributed by atoms with van der Waals surface area (Å²) in [5.41, 5.74) is 2.05. The first-order valence-corrected chi connectivity index (χ1v) is 12.3. The van der Waals surface area contributed by atoms with Crippen LogP contribution in [0, 0.1) is 5.41 Å². The van der Waals surface area contributed by atoms with Crippen LogP contribution < -0.4 is 4.90 Å². The smallest absolute Gasteiger partial charge is 0.142 e. The Balaban J connectivity index is 0. The van der Waals surface area contributed by atoms with Crippen LogP contribution in [0.5, 0.6) is 0 Å². The van der Waals surface area contributed by atoms with Gasteiger partial charge in [0.1, 0.15) is 11.3 Å². The van der Waals surface area contributed by atoms with E-state index in [1.807, 2.05) is 56.7 Å². The van der Waals surface area contributed by atoms with E-state index < -0.39 is 0 Å². The number of carbonyl (C=O) groups excluding carboxylic acids is 1. The van der Waals surface area contributed by atoms with Gasteiger partial charge in [-0.1, -0.05) is 38.5 Å². The van der Waals surface area contributed by atoms with Crippen LogP contribution >= 0.6 is 23.5 Å². The number of aldehydes is 1. The minimum atomic E-state index is 0.774. The Hall–Kier alpha value is -2.25. The predicted octanol–water partition coefficient (Wildman–Crippen LogP) is 6.36. The summed E-state index contributed by atoms with van der Waals surface area (Å²) in [7, 11) is 5.77. The highest BCUT2D eigenvalue weighted by atomic mass is 32.2. The highest BCUT2D eigenvalue weighted by molar-refractivity contribution is 8.02. The molecule has 0 atom stereocenters. The van der Waals surface area contributed by atoms with E-state index in [9.17, 15) is 4.79 Å². The first kappa shape index (κ1) is 30.9. The summed E-state index contributed by atoms with van der Waals surface area (Å²) in [6.07, 6.45) is 19.1. The van der Waals surface area contributed by atoms with E-state index in [0.717, 1.165) is 34.7 Å². The number of pyridine rings is 1. The minimum Gasteiger partial charge on any atom is -0.377 e. The lowest BCUT2D eigenvalue weighted by molar-refractivity contribution is -0.104. The van der Waals surface area contributed by atoms with Crippen molar-refractivity contribution in [2.75, 3.05) is 38.1 Å². The number of carbonyl (C=O) groups is 1. The number of thioether (sulfide) groups is 2. The van der Waals surface area contributed by atoms with Gasteiger partial charge in [0.05, 0.1) is 6.34 Å². The van der Waals surface area contributed by atoms with Crippen molar-refractivity contribution in [1.29, 1.82) is 5.41 Å². The number of rotatable bonds is 11. The molecule has 0 aliphatic rings. The average Bonchev–Trinajstić information content (AvgIpc) is 2.77. The zero-order valence-corrected chi connectivity index (χ0v) is 21.4. The van der Waals surface area contributed by atoms with Gasteiger partial charge in [0.25, 0.3) is 0 Å². The summed E-state index contributed by atoms with van der Waals surface area (Å²) in [4.78, 5) is 18.3. The molecule has 7 heteroatoms. The van der Waals surface area contributed by atoms with E-state index >= 15 is 0 Å². The van der Waals surface area contributed by atoms with Crippen LogP contribution in [-0.4, -0.2) is 55.7 Å². The molecule has 0 saturated heterocycles. The highest BCUT2D eigenvalue weighted by Gasteiger charge is 2.07. The summed E-state index contributed by atoms with van der Waals surface area (Å²) in [5, 5.41) is 9.89. The topological polar surface area (TPSA) is 60.3 Å². The molecule has 0 unspecified atom stereocenters. The molecular weight excluding hydrogens is 424 g/mol. The summed E-state index contributed by atoms with van der Waals surface area (Å²) < 4.78 is 0. The Kier molecular flexibility index (Phi) is 22.4. The van der Waals surface area contributed by atoms with E-state index in [4.69, 9.17) is 5.41 Å².